The van der Waals surface area contributed by atoms with Crippen LogP contribution in [0.3, 0.4) is 0 Å². The van der Waals surface area contributed by atoms with Crippen LogP contribution in [0, 0.1) is 6.92 Å². The van der Waals surface area contributed by atoms with E-state index in [1.165, 1.54) is 18.5 Å². The van der Waals surface area contributed by atoms with Gasteiger partial charge in [0, 0.05) is 18.0 Å². The summed E-state index contributed by atoms with van der Waals surface area (Å²) >= 11 is 1.07. The fraction of sp³-hybridized carbons (Fsp3) is 0.143. The first-order valence-electron chi connectivity index (χ1n) is 6.08. The van der Waals surface area contributed by atoms with Gasteiger partial charge in [-0.3, -0.25) is 15.1 Å². The number of thiazole rings is 1. The van der Waals surface area contributed by atoms with Crippen molar-refractivity contribution in [2.24, 2.45) is 0 Å². The molecule has 0 unspecified atom stereocenters. The van der Waals surface area contributed by atoms with Gasteiger partial charge in [-0.25, -0.2) is 9.78 Å². The molecule has 2 rings (SSSR count). The van der Waals surface area contributed by atoms with Crippen LogP contribution in [-0.2, 0) is 4.74 Å². The van der Waals surface area contributed by atoms with E-state index < -0.39 is 5.97 Å². The molecule has 7 heteroatoms. The van der Waals surface area contributed by atoms with E-state index in [1.54, 1.807) is 19.1 Å². The molecule has 1 amide bonds. The van der Waals surface area contributed by atoms with Gasteiger partial charge < -0.3 is 4.74 Å². The Morgan fingerprint density at radius 2 is 2.14 bits per heavy atom. The molecule has 0 atom stereocenters. The predicted molar refractivity (Wildman–Crippen MR) is 79.5 cm³/mol. The minimum Gasteiger partial charge on any atom is -0.457 e. The number of hydrogen-bond acceptors (Lipinski definition) is 6. The van der Waals surface area contributed by atoms with Gasteiger partial charge in [0.2, 0.25) is 0 Å². The first-order chi connectivity index (χ1) is 10.1. The molecule has 0 saturated carbocycles. The van der Waals surface area contributed by atoms with E-state index in [4.69, 9.17) is 4.74 Å². The first-order valence-corrected chi connectivity index (χ1v) is 6.90. The second-order valence-electron chi connectivity index (χ2n) is 4.01. The molecule has 0 aromatic carbocycles. The van der Waals surface area contributed by atoms with Crippen molar-refractivity contribution in [3.63, 3.8) is 0 Å². The summed E-state index contributed by atoms with van der Waals surface area (Å²) in [7, 11) is 0. The van der Waals surface area contributed by atoms with Crippen molar-refractivity contribution in [3.8, 4) is 0 Å². The number of esters is 1. The maximum absolute atomic E-state index is 12.0. The molecule has 0 aliphatic heterocycles. The van der Waals surface area contributed by atoms with E-state index >= 15 is 0 Å². The average molecular weight is 303 g/mol. The lowest BCUT2D eigenvalue weighted by Crippen LogP contribution is -2.11. The fourth-order valence-electron chi connectivity index (χ4n) is 1.51. The van der Waals surface area contributed by atoms with E-state index in [0.717, 1.165) is 11.3 Å². The molecule has 0 fully saturated rings. The molecule has 2 aromatic rings. The summed E-state index contributed by atoms with van der Waals surface area (Å²) in [4.78, 5) is 32.1. The van der Waals surface area contributed by atoms with Crippen LogP contribution in [0.1, 0.15) is 25.7 Å². The molecule has 0 aliphatic rings. The number of pyridine rings is 1. The Bertz CT molecular complexity index is 667. The molecular formula is C14H13N3O3S. The highest BCUT2D eigenvalue weighted by molar-refractivity contribution is 7.17. The molecule has 0 radical (unpaired) electrons. The van der Waals surface area contributed by atoms with Gasteiger partial charge in [-0.1, -0.05) is 24.0 Å². The highest BCUT2D eigenvalue weighted by Crippen LogP contribution is 2.23. The highest BCUT2D eigenvalue weighted by atomic mass is 32.1. The number of anilines is 1. The van der Waals surface area contributed by atoms with Gasteiger partial charge in [-0.05, 0) is 19.1 Å². The molecule has 0 aliphatic carbocycles. The molecule has 108 valence electrons. The van der Waals surface area contributed by atoms with Gasteiger partial charge in [0.25, 0.3) is 5.91 Å². The average Bonchev–Trinajstić information content (AvgIpc) is 2.86. The Hall–Kier alpha value is -2.54. The Morgan fingerprint density at radius 1 is 1.43 bits per heavy atom. The molecule has 1 N–H and O–H groups in total. The summed E-state index contributed by atoms with van der Waals surface area (Å²) in [6.45, 7) is 5.29. The van der Waals surface area contributed by atoms with Crippen LogP contribution < -0.4 is 5.32 Å². The van der Waals surface area contributed by atoms with Gasteiger partial charge >= 0.3 is 5.97 Å². The Kier molecular flexibility index (Phi) is 4.78. The molecule has 2 aromatic heterocycles. The Morgan fingerprint density at radius 3 is 2.81 bits per heavy atom. The fourth-order valence-corrected chi connectivity index (χ4v) is 2.37. The molecule has 21 heavy (non-hydrogen) atoms. The van der Waals surface area contributed by atoms with Crippen LogP contribution in [0.15, 0.2) is 37.2 Å². The summed E-state index contributed by atoms with van der Waals surface area (Å²) in [5.74, 6) is -0.786. The van der Waals surface area contributed by atoms with Crippen molar-refractivity contribution in [1.82, 2.24) is 9.97 Å². The zero-order chi connectivity index (χ0) is 15.2. The van der Waals surface area contributed by atoms with Crippen molar-refractivity contribution in [3.05, 3.63) is 53.3 Å². The quantitative estimate of drug-likeness (QED) is 0.677. The van der Waals surface area contributed by atoms with Crippen LogP contribution in [0.4, 0.5) is 5.13 Å². The number of aromatic nitrogens is 2. The molecule has 0 saturated heterocycles. The van der Waals surface area contributed by atoms with Crippen LogP contribution in [0.2, 0.25) is 0 Å². The number of carbonyl (C=O) groups is 2. The SMILES string of the molecule is C=CCOC(=O)c1sc(NC(=O)c2ccncc2)nc1C. The molecule has 6 nitrogen and oxygen atoms in total. The Balaban J connectivity index is 2.10. The summed E-state index contributed by atoms with van der Waals surface area (Å²) in [6, 6.07) is 3.18. The molecule has 0 bridgehead atoms. The monoisotopic (exact) mass is 303 g/mol. The van der Waals surface area contributed by atoms with E-state index in [0.29, 0.717) is 21.3 Å². The summed E-state index contributed by atoms with van der Waals surface area (Å²) in [5, 5.41) is 2.99. The van der Waals surface area contributed by atoms with Crippen molar-refractivity contribution in [2.45, 2.75) is 6.92 Å². The molecular weight excluding hydrogens is 290 g/mol. The maximum Gasteiger partial charge on any atom is 0.350 e. The number of nitrogens with zero attached hydrogens (tertiary/aromatic N) is 2. The van der Waals surface area contributed by atoms with Crippen molar-refractivity contribution < 1.29 is 14.3 Å². The number of ether oxygens (including phenoxy) is 1. The lowest BCUT2D eigenvalue weighted by Gasteiger charge is -2.00. The van der Waals surface area contributed by atoms with Crippen LogP contribution in [0.5, 0.6) is 0 Å². The van der Waals surface area contributed by atoms with E-state index in [2.05, 4.69) is 21.9 Å². The normalized spacial score (nSPS) is 9.95. The smallest absolute Gasteiger partial charge is 0.350 e. The third kappa shape index (κ3) is 3.73. The number of carbonyl (C=O) groups excluding carboxylic acids is 2. The van der Waals surface area contributed by atoms with Gasteiger partial charge in [0.05, 0.1) is 5.69 Å². The lowest BCUT2D eigenvalue weighted by molar-refractivity contribution is 0.0554. The number of hydrogen-bond donors (Lipinski definition) is 1. The second-order valence-corrected chi connectivity index (χ2v) is 5.01. The van der Waals surface area contributed by atoms with Crippen molar-refractivity contribution >= 4 is 28.3 Å². The van der Waals surface area contributed by atoms with Crippen molar-refractivity contribution in [2.75, 3.05) is 11.9 Å². The van der Waals surface area contributed by atoms with Crippen molar-refractivity contribution in [1.29, 1.82) is 0 Å². The zero-order valence-corrected chi connectivity index (χ0v) is 12.1. The van der Waals surface area contributed by atoms with Crippen LogP contribution in [0.25, 0.3) is 0 Å². The predicted octanol–water partition coefficient (Wildman–Crippen LogP) is 2.44. The van der Waals surface area contributed by atoms with Gasteiger partial charge in [0.1, 0.15) is 11.5 Å². The number of aryl methyl sites for hydroxylation is 1. The van der Waals surface area contributed by atoms with Gasteiger partial charge in [-0.15, -0.1) is 0 Å². The first kappa shape index (κ1) is 14.9. The minimum absolute atomic E-state index is 0.134. The number of nitrogens with one attached hydrogen (secondary N) is 1. The topological polar surface area (TPSA) is 81.2 Å². The second kappa shape index (κ2) is 6.76. The molecule has 0 spiro atoms. The standard InChI is InChI=1S/C14H13N3O3S/c1-3-8-20-13(19)11-9(2)16-14(21-11)17-12(18)10-4-6-15-7-5-10/h3-7H,1,8H2,2H3,(H,16,17,18). The van der Waals surface area contributed by atoms with Gasteiger partial charge in [-0.2, -0.15) is 0 Å². The number of amides is 1. The van der Waals surface area contributed by atoms with Gasteiger partial charge in [0.15, 0.2) is 5.13 Å². The van der Waals surface area contributed by atoms with E-state index in [1.807, 2.05) is 0 Å². The third-order valence-corrected chi connectivity index (χ3v) is 3.53. The van der Waals surface area contributed by atoms with Crippen LogP contribution >= 0.6 is 11.3 Å². The molecule has 2 heterocycles. The Labute approximate surface area is 125 Å². The summed E-state index contributed by atoms with van der Waals surface area (Å²) < 4.78 is 4.95. The maximum atomic E-state index is 12.0. The largest absolute Gasteiger partial charge is 0.457 e. The minimum atomic E-state index is -0.477. The number of rotatable bonds is 5. The van der Waals surface area contributed by atoms with E-state index in [-0.39, 0.29) is 12.5 Å². The lowest BCUT2D eigenvalue weighted by atomic mass is 10.2. The summed E-state index contributed by atoms with van der Waals surface area (Å²) in [6.07, 6.45) is 4.54. The third-order valence-electron chi connectivity index (χ3n) is 2.48. The highest BCUT2D eigenvalue weighted by Gasteiger charge is 2.17. The zero-order valence-electron chi connectivity index (χ0n) is 11.3. The van der Waals surface area contributed by atoms with E-state index in [9.17, 15) is 9.59 Å². The van der Waals surface area contributed by atoms with Crippen LogP contribution in [-0.4, -0.2) is 28.5 Å². The summed E-state index contributed by atoms with van der Waals surface area (Å²) in [5.41, 5.74) is 0.979.